The third-order valence-corrected chi connectivity index (χ3v) is 7.28. The van der Waals surface area contributed by atoms with Gasteiger partial charge in [0.25, 0.3) is 0 Å². The van der Waals surface area contributed by atoms with E-state index in [1.807, 2.05) is 42.5 Å². The van der Waals surface area contributed by atoms with E-state index < -0.39 is 17.3 Å². The first-order chi connectivity index (χ1) is 19.7. The van der Waals surface area contributed by atoms with Crippen molar-refractivity contribution >= 4 is 17.4 Å². The Morgan fingerprint density at radius 2 is 1.63 bits per heavy atom. The molecule has 4 heterocycles. The molecule has 6 rings (SSSR count). The van der Waals surface area contributed by atoms with Crippen molar-refractivity contribution in [2.24, 2.45) is 0 Å². The lowest BCUT2D eigenvalue weighted by Crippen LogP contribution is -2.44. The molecule has 210 valence electrons. The summed E-state index contributed by atoms with van der Waals surface area (Å²) in [7, 11) is 0. The molecule has 0 amide bonds. The molecule has 0 radical (unpaired) electrons. The number of nitrogens with zero attached hydrogens (tertiary/aromatic N) is 6. The van der Waals surface area contributed by atoms with Crippen molar-refractivity contribution in [3.05, 3.63) is 90.4 Å². The molecule has 41 heavy (non-hydrogen) atoms. The minimum absolute atomic E-state index is 0.350. The first-order valence-electron chi connectivity index (χ1n) is 13.4. The highest BCUT2D eigenvalue weighted by molar-refractivity contribution is 5.91. The van der Waals surface area contributed by atoms with E-state index in [2.05, 4.69) is 44.6 Å². The van der Waals surface area contributed by atoms with E-state index in [4.69, 9.17) is 4.98 Å². The van der Waals surface area contributed by atoms with Crippen molar-refractivity contribution < 1.29 is 13.2 Å². The number of aromatic nitrogens is 5. The molecule has 8 nitrogen and oxygen atoms in total. The molecule has 2 N–H and O–H groups in total. The number of pyridine rings is 1. The van der Waals surface area contributed by atoms with E-state index in [1.54, 1.807) is 23.0 Å². The van der Waals surface area contributed by atoms with E-state index in [0.29, 0.717) is 39.8 Å². The normalized spacial score (nSPS) is 14.4. The third kappa shape index (κ3) is 5.32. The first kappa shape index (κ1) is 26.7. The van der Waals surface area contributed by atoms with Crippen LogP contribution in [0.15, 0.2) is 79.3 Å². The number of halogens is 3. The average Bonchev–Trinajstić information content (AvgIpc) is 3.47. The molecule has 0 atom stereocenters. The van der Waals surface area contributed by atoms with Gasteiger partial charge in [0.15, 0.2) is 5.65 Å². The molecule has 2 aromatic carbocycles. The van der Waals surface area contributed by atoms with Crippen LogP contribution >= 0.6 is 0 Å². The van der Waals surface area contributed by atoms with Crippen molar-refractivity contribution in [3.63, 3.8) is 0 Å². The molecule has 0 aliphatic carbocycles. The van der Waals surface area contributed by atoms with E-state index in [1.165, 1.54) is 6.07 Å². The molecule has 11 heteroatoms. The number of fused-ring (bicyclic) bond motifs is 1. The predicted molar refractivity (Wildman–Crippen MR) is 153 cm³/mol. The standard InChI is InChI=1S/C30H29F3N8/c1-29(2,22-8-4-3-5-9-22)38-24-18-21(11-12-35-24)26-25(20-7-6-10-23(17-20)30(31,32)33)27-39-36-19-41(27)28(37-26)40-15-13-34-14-16-40/h3-12,17-19,34H,13-16H2,1-2H3,(H,35,38). The lowest BCUT2D eigenvalue weighted by atomic mass is 9.94. The summed E-state index contributed by atoms with van der Waals surface area (Å²) >= 11 is 0. The molecule has 0 unspecified atom stereocenters. The summed E-state index contributed by atoms with van der Waals surface area (Å²) in [5.41, 5.74) is 2.34. The van der Waals surface area contributed by atoms with Crippen LogP contribution in [0.2, 0.25) is 0 Å². The van der Waals surface area contributed by atoms with Gasteiger partial charge in [-0.05, 0) is 49.2 Å². The largest absolute Gasteiger partial charge is 0.416 e. The van der Waals surface area contributed by atoms with Crippen LogP contribution in [0.25, 0.3) is 28.0 Å². The maximum atomic E-state index is 13.7. The van der Waals surface area contributed by atoms with Crippen molar-refractivity contribution in [1.29, 1.82) is 0 Å². The number of piperazine rings is 1. The van der Waals surface area contributed by atoms with Crippen LogP contribution in [-0.2, 0) is 11.7 Å². The maximum Gasteiger partial charge on any atom is 0.416 e. The zero-order valence-corrected chi connectivity index (χ0v) is 22.7. The Kier molecular flexibility index (Phi) is 6.82. The molecule has 0 saturated carbocycles. The van der Waals surface area contributed by atoms with Crippen molar-refractivity contribution in [1.82, 2.24) is 29.9 Å². The van der Waals surface area contributed by atoms with Gasteiger partial charge < -0.3 is 15.5 Å². The van der Waals surface area contributed by atoms with Gasteiger partial charge in [0, 0.05) is 37.9 Å². The van der Waals surface area contributed by atoms with Crippen LogP contribution in [0.5, 0.6) is 0 Å². The number of anilines is 2. The van der Waals surface area contributed by atoms with Crippen molar-refractivity contribution in [2.45, 2.75) is 25.6 Å². The zero-order chi connectivity index (χ0) is 28.6. The minimum Gasteiger partial charge on any atom is -0.361 e. The van der Waals surface area contributed by atoms with Crippen LogP contribution in [0, 0.1) is 0 Å². The number of rotatable bonds is 6. The van der Waals surface area contributed by atoms with Crippen molar-refractivity contribution in [3.8, 4) is 22.4 Å². The van der Waals surface area contributed by atoms with Gasteiger partial charge >= 0.3 is 6.18 Å². The summed E-state index contributed by atoms with van der Waals surface area (Å²) in [4.78, 5) is 11.8. The molecular weight excluding hydrogens is 529 g/mol. The minimum atomic E-state index is -4.49. The molecule has 1 aliphatic rings. The van der Waals surface area contributed by atoms with Gasteiger partial charge in [-0.3, -0.25) is 4.40 Å². The fourth-order valence-corrected chi connectivity index (χ4v) is 5.17. The smallest absolute Gasteiger partial charge is 0.361 e. The summed E-state index contributed by atoms with van der Waals surface area (Å²) in [5.74, 6) is 1.24. The van der Waals surface area contributed by atoms with Crippen molar-refractivity contribution in [2.75, 3.05) is 36.4 Å². The second-order valence-corrected chi connectivity index (χ2v) is 10.5. The van der Waals surface area contributed by atoms with Crippen LogP contribution in [0.3, 0.4) is 0 Å². The number of benzene rings is 2. The number of hydrogen-bond donors (Lipinski definition) is 2. The molecule has 0 bridgehead atoms. The highest BCUT2D eigenvalue weighted by Crippen LogP contribution is 2.39. The number of nitrogens with one attached hydrogen (secondary N) is 2. The monoisotopic (exact) mass is 558 g/mol. The van der Waals surface area contributed by atoms with Crippen LogP contribution in [0.1, 0.15) is 25.0 Å². The quantitative estimate of drug-likeness (QED) is 0.280. The Morgan fingerprint density at radius 3 is 2.39 bits per heavy atom. The molecule has 0 spiro atoms. The molecule has 5 aromatic rings. The average molecular weight is 559 g/mol. The van der Waals surface area contributed by atoms with Crippen LogP contribution in [0.4, 0.5) is 24.9 Å². The summed E-state index contributed by atoms with van der Waals surface area (Å²) in [6, 6.07) is 19.0. The Labute approximate surface area is 235 Å². The van der Waals surface area contributed by atoms with Gasteiger partial charge in [-0.1, -0.05) is 42.5 Å². The molecule has 1 aliphatic heterocycles. The van der Waals surface area contributed by atoms with E-state index in [0.717, 1.165) is 43.9 Å². The van der Waals surface area contributed by atoms with Gasteiger partial charge in [0.2, 0.25) is 5.95 Å². The van der Waals surface area contributed by atoms with Crippen LogP contribution < -0.4 is 15.5 Å². The fraction of sp³-hybridized carbons (Fsp3) is 0.267. The first-order valence-corrected chi connectivity index (χ1v) is 13.4. The molecule has 1 fully saturated rings. The van der Waals surface area contributed by atoms with E-state index in [9.17, 15) is 13.2 Å². The van der Waals surface area contributed by atoms with Gasteiger partial charge in [-0.2, -0.15) is 13.2 Å². The Bertz CT molecular complexity index is 1670. The lowest BCUT2D eigenvalue weighted by molar-refractivity contribution is -0.137. The van der Waals surface area contributed by atoms with Gasteiger partial charge in [-0.25, -0.2) is 9.97 Å². The lowest BCUT2D eigenvalue weighted by Gasteiger charge is -2.29. The van der Waals surface area contributed by atoms with Crippen LogP contribution in [-0.4, -0.2) is 50.7 Å². The fourth-order valence-electron chi connectivity index (χ4n) is 5.17. The number of alkyl halides is 3. The topological polar surface area (TPSA) is 83.3 Å². The SMILES string of the molecule is CC(C)(Nc1cc(-c2nc(N3CCNCC3)n3cnnc3c2-c2cccc(C(F)(F)F)c2)ccn1)c1ccccc1. The summed E-state index contributed by atoms with van der Waals surface area (Å²) in [5, 5.41) is 15.3. The summed E-state index contributed by atoms with van der Waals surface area (Å²) in [6.07, 6.45) is -1.26. The van der Waals surface area contributed by atoms with E-state index in [-0.39, 0.29) is 0 Å². The van der Waals surface area contributed by atoms with Gasteiger partial charge in [0.1, 0.15) is 12.1 Å². The van der Waals surface area contributed by atoms with Gasteiger partial charge in [-0.15, -0.1) is 10.2 Å². The third-order valence-electron chi connectivity index (χ3n) is 7.28. The number of hydrogen-bond acceptors (Lipinski definition) is 7. The Balaban J connectivity index is 1.53. The second kappa shape index (κ2) is 10.5. The van der Waals surface area contributed by atoms with Gasteiger partial charge in [0.05, 0.1) is 22.4 Å². The van der Waals surface area contributed by atoms with E-state index >= 15 is 0 Å². The zero-order valence-electron chi connectivity index (χ0n) is 22.7. The molecular formula is C30H29F3N8. The highest BCUT2D eigenvalue weighted by atomic mass is 19.4. The Morgan fingerprint density at radius 1 is 0.878 bits per heavy atom. The Hall–Kier alpha value is -4.51. The molecule has 3 aromatic heterocycles. The summed E-state index contributed by atoms with van der Waals surface area (Å²) < 4.78 is 43.0. The second-order valence-electron chi connectivity index (χ2n) is 10.5. The molecule has 1 saturated heterocycles. The highest BCUT2D eigenvalue weighted by Gasteiger charge is 2.31. The predicted octanol–water partition coefficient (Wildman–Crippen LogP) is 5.63. The maximum absolute atomic E-state index is 13.7. The summed E-state index contributed by atoms with van der Waals surface area (Å²) in [6.45, 7) is 7.14.